The maximum atomic E-state index is 12.8. The van der Waals surface area contributed by atoms with Crippen LogP contribution < -0.4 is 5.56 Å². The van der Waals surface area contributed by atoms with Crippen molar-refractivity contribution >= 4 is 45.3 Å². The number of aromatic nitrogens is 2. The van der Waals surface area contributed by atoms with Crippen LogP contribution in [0.25, 0.3) is 22.4 Å². The van der Waals surface area contributed by atoms with Crippen LogP contribution in [0.1, 0.15) is 34.7 Å². The van der Waals surface area contributed by atoms with Crippen LogP contribution in [0.15, 0.2) is 29.1 Å². The molecule has 0 amide bonds. The molecule has 0 saturated heterocycles. The highest BCUT2D eigenvalue weighted by Gasteiger charge is 2.20. The second-order valence-electron chi connectivity index (χ2n) is 6.11. The predicted molar refractivity (Wildman–Crippen MR) is 102 cm³/mol. The van der Waals surface area contributed by atoms with Gasteiger partial charge < -0.3 is 0 Å². The van der Waals surface area contributed by atoms with Crippen LogP contribution >= 0.6 is 22.9 Å². The van der Waals surface area contributed by atoms with Gasteiger partial charge in [-0.2, -0.15) is 0 Å². The molecular formula is C19H17ClN2OS. The Morgan fingerprint density at radius 1 is 1.17 bits per heavy atom. The van der Waals surface area contributed by atoms with Crippen molar-refractivity contribution in [3.8, 4) is 0 Å². The number of nitrogens with zero attached hydrogens (tertiary/aromatic N) is 2. The van der Waals surface area contributed by atoms with Gasteiger partial charge in [0.1, 0.15) is 10.7 Å². The van der Waals surface area contributed by atoms with Crippen LogP contribution in [0.5, 0.6) is 0 Å². The Morgan fingerprint density at radius 2 is 1.92 bits per heavy atom. The highest BCUT2D eigenvalue weighted by atomic mass is 35.5. The third-order valence-corrected chi connectivity index (χ3v) is 5.96. The maximum Gasteiger partial charge on any atom is 0.262 e. The maximum absolute atomic E-state index is 12.8. The number of aryl methyl sites for hydroxylation is 2. The van der Waals surface area contributed by atoms with Crippen molar-refractivity contribution in [1.29, 1.82) is 0 Å². The van der Waals surface area contributed by atoms with E-state index in [0.29, 0.717) is 10.8 Å². The summed E-state index contributed by atoms with van der Waals surface area (Å²) in [7, 11) is 1.79. The molecule has 1 aliphatic rings. The molecule has 24 heavy (non-hydrogen) atoms. The SMILES string of the molecule is Cn1c(/C=C/c2ccc(Cl)cc2)nc2sc3c(c2c1=O)CCCC3. The first-order valence-corrected chi connectivity index (χ1v) is 9.28. The normalized spacial score (nSPS) is 14.4. The molecule has 0 spiro atoms. The Hall–Kier alpha value is -1.91. The summed E-state index contributed by atoms with van der Waals surface area (Å²) >= 11 is 7.59. The number of halogens is 1. The van der Waals surface area contributed by atoms with E-state index in [9.17, 15) is 4.79 Å². The molecule has 0 bridgehead atoms. The molecule has 0 aliphatic heterocycles. The van der Waals surface area contributed by atoms with Gasteiger partial charge in [0.2, 0.25) is 0 Å². The van der Waals surface area contributed by atoms with Crippen LogP contribution in [0, 0.1) is 0 Å². The zero-order chi connectivity index (χ0) is 16.7. The van der Waals surface area contributed by atoms with E-state index >= 15 is 0 Å². The van der Waals surface area contributed by atoms with Gasteiger partial charge in [-0.15, -0.1) is 11.3 Å². The van der Waals surface area contributed by atoms with Crippen LogP contribution in [-0.4, -0.2) is 9.55 Å². The Balaban J connectivity index is 1.80. The summed E-state index contributed by atoms with van der Waals surface area (Å²) in [6, 6.07) is 7.59. The fourth-order valence-electron chi connectivity index (χ4n) is 3.20. The number of thiophene rings is 1. The molecule has 1 aliphatic carbocycles. The van der Waals surface area contributed by atoms with Crippen LogP contribution in [-0.2, 0) is 19.9 Å². The number of hydrogen-bond donors (Lipinski definition) is 0. The zero-order valence-electron chi connectivity index (χ0n) is 13.4. The molecule has 0 saturated carbocycles. The van der Waals surface area contributed by atoms with Crippen molar-refractivity contribution in [2.24, 2.45) is 7.05 Å². The van der Waals surface area contributed by atoms with Gasteiger partial charge >= 0.3 is 0 Å². The summed E-state index contributed by atoms with van der Waals surface area (Å²) in [5, 5.41) is 1.55. The van der Waals surface area contributed by atoms with Crippen molar-refractivity contribution in [2.75, 3.05) is 0 Å². The fourth-order valence-corrected chi connectivity index (χ4v) is 4.58. The van der Waals surface area contributed by atoms with Gasteiger partial charge in [0.15, 0.2) is 0 Å². The fraction of sp³-hybridized carbons (Fsp3) is 0.263. The minimum Gasteiger partial charge on any atom is -0.296 e. The molecular weight excluding hydrogens is 340 g/mol. The summed E-state index contributed by atoms with van der Waals surface area (Å²) in [5.41, 5.74) is 2.33. The van der Waals surface area contributed by atoms with E-state index in [1.54, 1.807) is 23.0 Å². The standard InChI is InChI=1S/C19H17ClN2OS/c1-22-16(11-8-12-6-9-13(20)10-7-12)21-18-17(19(22)23)14-4-2-3-5-15(14)24-18/h6-11H,2-5H2,1H3/b11-8+. The molecule has 0 radical (unpaired) electrons. The molecule has 0 atom stereocenters. The number of benzene rings is 1. The first-order chi connectivity index (χ1) is 11.6. The van der Waals surface area contributed by atoms with E-state index in [2.05, 4.69) is 0 Å². The first kappa shape index (κ1) is 15.6. The van der Waals surface area contributed by atoms with Gasteiger partial charge in [-0.25, -0.2) is 4.98 Å². The van der Waals surface area contributed by atoms with Crippen molar-refractivity contribution < 1.29 is 0 Å². The monoisotopic (exact) mass is 356 g/mol. The first-order valence-electron chi connectivity index (χ1n) is 8.08. The molecule has 2 aromatic heterocycles. The van der Waals surface area contributed by atoms with Gasteiger partial charge in [-0.1, -0.05) is 29.8 Å². The van der Waals surface area contributed by atoms with E-state index in [1.165, 1.54) is 23.3 Å². The summed E-state index contributed by atoms with van der Waals surface area (Å²) in [6.45, 7) is 0. The average Bonchev–Trinajstić information content (AvgIpc) is 2.96. The minimum atomic E-state index is 0.0650. The summed E-state index contributed by atoms with van der Waals surface area (Å²) < 4.78 is 1.65. The summed E-state index contributed by atoms with van der Waals surface area (Å²) in [4.78, 5) is 19.8. The number of hydrogen-bond acceptors (Lipinski definition) is 3. The molecule has 0 unspecified atom stereocenters. The molecule has 122 valence electrons. The molecule has 3 aromatic rings. The average molecular weight is 357 g/mol. The van der Waals surface area contributed by atoms with E-state index < -0.39 is 0 Å². The number of rotatable bonds is 2. The van der Waals surface area contributed by atoms with Crippen LogP contribution in [0.4, 0.5) is 0 Å². The van der Waals surface area contributed by atoms with Gasteiger partial charge in [0.05, 0.1) is 5.39 Å². The van der Waals surface area contributed by atoms with Crippen molar-refractivity contribution in [1.82, 2.24) is 9.55 Å². The second kappa shape index (κ2) is 6.19. The zero-order valence-corrected chi connectivity index (χ0v) is 15.0. The van der Waals surface area contributed by atoms with Crippen LogP contribution in [0.3, 0.4) is 0 Å². The van der Waals surface area contributed by atoms with Crippen LogP contribution in [0.2, 0.25) is 5.02 Å². The molecule has 0 N–H and O–H groups in total. The number of fused-ring (bicyclic) bond motifs is 3. The van der Waals surface area contributed by atoms with E-state index in [4.69, 9.17) is 16.6 Å². The quantitative estimate of drug-likeness (QED) is 0.667. The molecule has 2 heterocycles. The molecule has 3 nitrogen and oxygen atoms in total. The summed E-state index contributed by atoms with van der Waals surface area (Å²) in [6.07, 6.45) is 8.31. The molecule has 4 rings (SSSR count). The highest BCUT2D eigenvalue weighted by molar-refractivity contribution is 7.18. The Morgan fingerprint density at radius 3 is 2.71 bits per heavy atom. The molecule has 5 heteroatoms. The molecule has 0 fully saturated rings. The van der Waals surface area contributed by atoms with Crippen molar-refractivity contribution in [3.63, 3.8) is 0 Å². The summed E-state index contributed by atoms with van der Waals surface area (Å²) in [5.74, 6) is 0.682. The predicted octanol–water partition coefficient (Wildman–Crippen LogP) is 4.70. The van der Waals surface area contributed by atoms with Crippen molar-refractivity contribution in [2.45, 2.75) is 25.7 Å². The smallest absolute Gasteiger partial charge is 0.262 e. The Labute approximate surface area is 149 Å². The topological polar surface area (TPSA) is 34.9 Å². The van der Waals surface area contributed by atoms with Gasteiger partial charge in [-0.3, -0.25) is 9.36 Å². The van der Waals surface area contributed by atoms with Gasteiger partial charge in [-0.05, 0) is 55.0 Å². The van der Waals surface area contributed by atoms with E-state index in [-0.39, 0.29) is 5.56 Å². The Bertz CT molecular complexity index is 999. The molecule has 1 aromatic carbocycles. The lowest BCUT2D eigenvalue weighted by Gasteiger charge is -2.10. The van der Waals surface area contributed by atoms with Crippen molar-refractivity contribution in [3.05, 3.63) is 61.5 Å². The Kier molecular flexibility index (Phi) is 4.02. The lowest BCUT2D eigenvalue weighted by Crippen LogP contribution is -2.21. The lowest BCUT2D eigenvalue weighted by molar-refractivity contribution is 0.699. The minimum absolute atomic E-state index is 0.0650. The van der Waals surface area contributed by atoms with Gasteiger partial charge in [0.25, 0.3) is 5.56 Å². The lowest BCUT2D eigenvalue weighted by atomic mass is 9.97. The third kappa shape index (κ3) is 2.70. The largest absolute Gasteiger partial charge is 0.296 e. The highest BCUT2D eigenvalue weighted by Crippen LogP contribution is 2.33. The van der Waals surface area contributed by atoms with Gasteiger partial charge in [0, 0.05) is 16.9 Å². The third-order valence-electron chi connectivity index (χ3n) is 4.53. The second-order valence-corrected chi connectivity index (χ2v) is 7.63. The van der Waals surface area contributed by atoms with E-state index in [0.717, 1.165) is 28.6 Å². The van der Waals surface area contributed by atoms with E-state index in [1.807, 2.05) is 36.4 Å².